The molecule has 4 nitrogen and oxygen atoms in total. The van der Waals surface area contributed by atoms with Gasteiger partial charge in [0.15, 0.2) is 0 Å². The summed E-state index contributed by atoms with van der Waals surface area (Å²) < 4.78 is 0.800. The Morgan fingerprint density at radius 2 is 2.38 bits per heavy atom. The molecule has 1 saturated heterocycles. The second kappa shape index (κ2) is 3.33. The van der Waals surface area contributed by atoms with Gasteiger partial charge in [-0.05, 0) is 27.6 Å². The van der Waals surface area contributed by atoms with Gasteiger partial charge in [-0.2, -0.15) is 0 Å². The van der Waals surface area contributed by atoms with Crippen LogP contribution in [0.2, 0.25) is 0 Å². The molecule has 2 heterocycles. The summed E-state index contributed by atoms with van der Waals surface area (Å²) in [6.07, 6.45) is 1.75. The predicted octanol–water partition coefficient (Wildman–Crippen LogP) is 1.20. The lowest BCUT2D eigenvalue weighted by Gasteiger charge is -2.07. The maximum Gasteiger partial charge on any atom is 0.315 e. The highest BCUT2D eigenvalue weighted by molar-refractivity contribution is 9.10. The number of pyridine rings is 1. The van der Waals surface area contributed by atoms with Crippen LogP contribution < -0.4 is 10.6 Å². The van der Waals surface area contributed by atoms with Crippen molar-refractivity contribution < 1.29 is 4.79 Å². The molecule has 0 unspecified atom stereocenters. The van der Waals surface area contributed by atoms with Crippen LogP contribution in [0.1, 0.15) is 11.6 Å². The number of aromatic nitrogens is 1. The van der Waals surface area contributed by atoms with Gasteiger partial charge in [0.2, 0.25) is 0 Å². The fourth-order valence-electron chi connectivity index (χ4n) is 1.25. The molecule has 1 atom stereocenters. The maximum absolute atomic E-state index is 10.8. The molecule has 2 amide bonds. The average molecular weight is 242 g/mol. The minimum Gasteiger partial charge on any atom is -0.336 e. The topological polar surface area (TPSA) is 54.0 Å². The van der Waals surface area contributed by atoms with Crippen molar-refractivity contribution in [3.63, 3.8) is 0 Å². The molecule has 0 aliphatic carbocycles. The van der Waals surface area contributed by atoms with E-state index < -0.39 is 0 Å². The Kier molecular flexibility index (Phi) is 2.18. The quantitative estimate of drug-likeness (QED) is 0.727. The smallest absolute Gasteiger partial charge is 0.315 e. The first-order valence-corrected chi connectivity index (χ1v) is 4.71. The Morgan fingerprint density at radius 1 is 1.54 bits per heavy atom. The van der Waals surface area contributed by atoms with Crippen molar-refractivity contribution in [2.45, 2.75) is 6.04 Å². The molecule has 0 spiro atoms. The van der Waals surface area contributed by atoms with E-state index in [-0.39, 0.29) is 12.1 Å². The second-order valence-corrected chi connectivity index (χ2v) is 3.63. The van der Waals surface area contributed by atoms with E-state index in [1.807, 2.05) is 12.1 Å². The standard InChI is InChI=1S/C8H8BrN3O/c9-7-2-1-5(3-10-7)6-4-11-8(13)12-6/h1-3,6H,4H2,(H2,11,12,13)/t6-/m0/s1. The summed E-state index contributed by atoms with van der Waals surface area (Å²) in [5.74, 6) is 0. The van der Waals surface area contributed by atoms with Gasteiger partial charge in [-0.15, -0.1) is 0 Å². The maximum atomic E-state index is 10.8. The number of halogens is 1. The van der Waals surface area contributed by atoms with E-state index in [4.69, 9.17) is 0 Å². The molecule has 1 fully saturated rings. The SMILES string of the molecule is O=C1NC[C@@H](c2ccc(Br)nc2)N1. The van der Waals surface area contributed by atoms with Crippen molar-refractivity contribution in [3.05, 3.63) is 28.5 Å². The molecule has 2 N–H and O–H groups in total. The zero-order valence-corrected chi connectivity index (χ0v) is 8.34. The van der Waals surface area contributed by atoms with Crippen molar-refractivity contribution in [2.24, 2.45) is 0 Å². The molecule has 0 aromatic carbocycles. The zero-order valence-electron chi connectivity index (χ0n) is 6.75. The van der Waals surface area contributed by atoms with Crippen molar-refractivity contribution in [1.82, 2.24) is 15.6 Å². The highest BCUT2D eigenvalue weighted by Gasteiger charge is 2.21. The molecule has 0 bridgehead atoms. The fraction of sp³-hybridized carbons (Fsp3) is 0.250. The predicted molar refractivity (Wildman–Crippen MR) is 51.2 cm³/mol. The van der Waals surface area contributed by atoms with Gasteiger partial charge in [0.25, 0.3) is 0 Å². The molecule has 2 rings (SSSR count). The number of amides is 2. The van der Waals surface area contributed by atoms with Gasteiger partial charge in [-0.3, -0.25) is 0 Å². The van der Waals surface area contributed by atoms with Gasteiger partial charge in [-0.1, -0.05) is 6.07 Å². The van der Waals surface area contributed by atoms with Crippen molar-refractivity contribution in [3.8, 4) is 0 Å². The normalized spacial score (nSPS) is 21.0. The largest absolute Gasteiger partial charge is 0.336 e. The summed E-state index contributed by atoms with van der Waals surface area (Å²) in [6, 6.07) is 3.73. The summed E-state index contributed by atoms with van der Waals surface area (Å²) in [6.45, 7) is 0.627. The van der Waals surface area contributed by atoms with Crippen molar-refractivity contribution in [2.75, 3.05) is 6.54 Å². The van der Waals surface area contributed by atoms with Crippen LogP contribution in [0.5, 0.6) is 0 Å². The van der Waals surface area contributed by atoms with E-state index in [0.29, 0.717) is 6.54 Å². The molecule has 1 aromatic rings. The van der Waals surface area contributed by atoms with Crippen LogP contribution in [0.15, 0.2) is 22.9 Å². The zero-order chi connectivity index (χ0) is 9.26. The third-order valence-corrected chi connectivity index (χ3v) is 2.39. The lowest BCUT2D eigenvalue weighted by molar-refractivity contribution is 0.247. The highest BCUT2D eigenvalue weighted by atomic mass is 79.9. The van der Waals surface area contributed by atoms with Gasteiger partial charge in [0, 0.05) is 12.7 Å². The minimum absolute atomic E-state index is 0.0492. The summed E-state index contributed by atoms with van der Waals surface area (Å²) in [7, 11) is 0. The lowest BCUT2D eigenvalue weighted by Crippen LogP contribution is -2.21. The summed E-state index contributed by atoms with van der Waals surface area (Å²) in [5, 5.41) is 5.48. The first-order chi connectivity index (χ1) is 6.25. The Hall–Kier alpha value is -1.10. The van der Waals surface area contributed by atoms with E-state index in [9.17, 15) is 4.79 Å². The van der Waals surface area contributed by atoms with E-state index >= 15 is 0 Å². The monoisotopic (exact) mass is 241 g/mol. The number of nitrogens with zero attached hydrogens (tertiary/aromatic N) is 1. The summed E-state index contributed by atoms with van der Waals surface area (Å²) in [5.41, 5.74) is 1.02. The Morgan fingerprint density at radius 3 is 2.92 bits per heavy atom. The van der Waals surface area contributed by atoms with Crippen LogP contribution in [-0.4, -0.2) is 17.6 Å². The number of urea groups is 1. The Labute approximate surface area is 83.9 Å². The molecule has 68 valence electrons. The average Bonchev–Trinajstić information content (AvgIpc) is 2.53. The second-order valence-electron chi connectivity index (χ2n) is 2.82. The van der Waals surface area contributed by atoms with Crippen LogP contribution in [-0.2, 0) is 0 Å². The molecule has 1 aliphatic heterocycles. The Balaban J connectivity index is 2.17. The van der Waals surface area contributed by atoms with Gasteiger partial charge in [0.05, 0.1) is 6.04 Å². The van der Waals surface area contributed by atoms with Crippen LogP contribution in [0, 0.1) is 0 Å². The lowest BCUT2D eigenvalue weighted by atomic mass is 10.1. The molecule has 0 saturated carbocycles. The molecule has 5 heteroatoms. The van der Waals surface area contributed by atoms with Crippen LogP contribution in [0.4, 0.5) is 4.79 Å². The third-order valence-electron chi connectivity index (χ3n) is 1.92. The van der Waals surface area contributed by atoms with Crippen LogP contribution in [0.25, 0.3) is 0 Å². The van der Waals surface area contributed by atoms with Crippen LogP contribution in [0.3, 0.4) is 0 Å². The summed E-state index contributed by atoms with van der Waals surface area (Å²) >= 11 is 3.25. The molecule has 1 aromatic heterocycles. The van der Waals surface area contributed by atoms with E-state index in [2.05, 4.69) is 31.5 Å². The number of carbonyl (C=O) groups is 1. The first-order valence-electron chi connectivity index (χ1n) is 3.91. The van der Waals surface area contributed by atoms with E-state index in [1.54, 1.807) is 6.20 Å². The minimum atomic E-state index is -0.118. The molecular weight excluding hydrogens is 234 g/mol. The van der Waals surface area contributed by atoms with Crippen molar-refractivity contribution >= 4 is 22.0 Å². The first kappa shape index (κ1) is 8.50. The number of hydrogen-bond donors (Lipinski definition) is 2. The molecule has 1 aliphatic rings. The molecular formula is C8H8BrN3O. The van der Waals surface area contributed by atoms with Crippen molar-refractivity contribution in [1.29, 1.82) is 0 Å². The Bertz CT molecular complexity index is 325. The van der Waals surface area contributed by atoms with Gasteiger partial charge >= 0.3 is 6.03 Å². The van der Waals surface area contributed by atoms with Gasteiger partial charge in [0.1, 0.15) is 4.60 Å². The van der Waals surface area contributed by atoms with E-state index in [0.717, 1.165) is 10.2 Å². The van der Waals surface area contributed by atoms with Gasteiger partial charge in [-0.25, -0.2) is 9.78 Å². The molecule has 0 radical (unpaired) electrons. The highest BCUT2D eigenvalue weighted by Crippen LogP contribution is 2.15. The fourth-order valence-corrected chi connectivity index (χ4v) is 1.48. The number of carbonyl (C=O) groups excluding carboxylic acids is 1. The summed E-state index contributed by atoms with van der Waals surface area (Å²) in [4.78, 5) is 14.9. The third kappa shape index (κ3) is 1.80. The van der Waals surface area contributed by atoms with Crippen LogP contribution >= 0.6 is 15.9 Å². The number of rotatable bonds is 1. The molecule has 13 heavy (non-hydrogen) atoms. The number of hydrogen-bond acceptors (Lipinski definition) is 2. The van der Waals surface area contributed by atoms with E-state index in [1.165, 1.54) is 0 Å². The number of nitrogens with one attached hydrogen (secondary N) is 2. The van der Waals surface area contributed by atoms with Gasteiger partial charge < -0.3 is 10.6 Å².